The monoisotopic (exact) mass is 245 g/mol. The summed E-state index contributed by atoms with van der Waals surface area (Å²) in [6.07, 6.45) is 7.26. The number of rotatable bonds is 0. The largest absolute Gasteiger partial charge is 0.375 e. The fraction of sp³-hybridized carbons (Fsp3) is 0.667. The number of alkyl halides is 2. The molecule has 0 aromatic carbocycles. The molecule has 0 radical (unpaired) electrons. The topological polar surface area (TPSA) is 3.24 Å². The Balaban J connectivity index is 2.41. The molecule has 2 rings (SSSR count). The smallest absolute Gasteiger partial charge is 0.0651 e. The molecule has 1 aliphatic heterocycles. The van der Waals surface area contributed by atoms with E-state index in [1.54, 1.807) is 0 Å². The van der Waals surface area contributed by atoms with Gasteiger partial charge in [0.25, 0.3) is 0 Å². The molecule has 1 aliphatic carbocycles. The predicted octanol–water partition coefficient (Wildman–Crippen LogP) is 3.53. The first kappa shape index (κ1) is 11.3. The zero-order chi connectivity index (χ0) is 11.1. The lowest BCUT2D eigenvalue weighted by Gasteiger charge is -2.30. The van der Waals surface area contributed by atoms with E-state index < -0.39 is 0 Å². The first-order valence-corrected chi connectivity index (χ1v) is 6.28. The highest BCUT2D eigenvalue weighted by molar-refractivity contribution is 6.26. The Hall–Kier alpha value is -0.140. The summed E-state index contributed by atoms with van der Waals surface area (Å²) in [6, 6.07) is 0. The van der Waals surface area contributed by atoms with Crippen molar-refractivity contribution in [3.05, 3.63) is 23.4 Å². The van der Waals surface area contributed by atoms with Crippen molar-refractivity contribution in [2.45, 2.75) is 36.4 Å². The Kier molecular flexibility index (Phi) is 3.05. The van der Waals surface area contributed by atoms with Gasteiger partial charge in [0.15, 0.2) is 0 Å². The standard InChI is InChI=1S/C12H17Cl2N/c1-12(14)6-3-7-15(2)11-5-4-9(13)8-10(11)12/h4-5,9H,3,6-8H2,1-2H3. The highest BCUT2D eigenvalue weighted by Gasteiger charge is 2.34. The lowest BCUT2D eigenvalue weighted by atomic mass is 9.88. The van der Waals surface area contributed by atoms with Gasteiger partial charge in [-0.3, -0.25) is 0 Å². The number of likely N-dealkylation sites (N-methyl/N-ethyl adjacent to an activating group) is 1. The summed E-state index contributed by atoms with van der Waals surface area (Å²) < 4.78 is 0. The van der Waals surface area contributed by atoms with Crippen molar-refractivity contribution < 1.29 is 0 Å². The van der Waals surface area contributed by atoms with E-state index in [0.717, 1.165) is 25.8 Å². The van der Waals surface area contributed by atoms with Crippen LogP contribution >= 0.6 is 23.2 Å². The molecule has 3 heteroatoms. The van der Waals surface area contributed by atoms with Gasteiger partial charge in [-0.05, 0) is 37.8 Å². The fourth-order valence-electron chi connectivity index (χ4n) is 2.42. The van der Waals surface area contributed by atoms with Crippen molar-refractivity contribution in [1.82, 2.24) is 4.90 Å². The SMILES string of the molecule is CN1CCCC(C)(Cl)C2=C1C=CC(Cl)C2. The number of halogens is 2. The van der Waals surface area contributed by atoms with Gasteiger partial charge in [0, 0.05) is 19.3 Å². The van der Waals surface area contributed by atoms with Crippen LogP contribution in [0.4, 0.5) is 0 Å². The van der Waals surface area contributed by atoms with Gasteiger partial charge >= 0.3 is 0 Å². The zero-order valence-corrected chi connectivity index (χ0v) is 10.8. The van der Waals surface area contributed by atoms with E-state index in [9.17, 15) is 0 Å². The van der Waals surface area contributed by atoms with E-state index in [1.165, 1.54) is 11.3 Å². The van der Waals surface area contributed by atoms with Crippen LogP contribution in [0.5, 0.6) is 0 Å². The Morgan fingerprint density at radius 2 is 2.27 bits per heavy atom. The van der Waals surface area contributed by atoms with Gasteiger partial charge in [0.05, 0.1) is 10.3 Å². The van der Waals surface area contributed by atoms with Gasteiger partial charge in [-0.2, -0.15) is 0 Å². The number of hydrogen-bond acceptors (Lipinski definition) is 1. The van der Waals surface area contributed by atoms with Gasteiger partial charge in [-0.25, -0.2) is 0 Å². The number of nitrogens with zero attached hydrogens (tertiary/aromatic N) is 1. The van der Waals surface area contributed by atoms with Crippen LogP contribution < -0.4 is 0 Å². The second-order valence-electron chi connectivity index (χ2n) is 4.67. The normalized spacial score (nSPS) is 36.5. The summed E-state index contributed by atoms with van der Waals surface area (Å²) in [4.78, 5) is 2.08. The molecular weight excluding hydrogens is 229 g/mol. The lowest BCUT2D eigenvalue weighted by molar-refractivity contribution is 0.423. The first-order chi connectivity index (χ1) is 7.00. The molecule has 1 heterocycles. The molecule has 0 bridgehead atoms. The van der Waals surface area contributed by atoms with Crippen molar-refractivity contribution >= 4 is 23.2 Å². The van der Waals surface area contributed by atoms with Gasteiger partial charge in [0.1, 0.15) is 0 Å². The van der Waals surface area contributed by atoms with Crippen LogP contribution in [0.3, 0.4) is 0 Å². The third-order valence-electron chi connectivity index (χ3n) is 3.35. The molecule has 2 unspecified atom stereocenters. The molecule has 0 aromatic rings. The van der Waals surface area contributed by atoms with Crippen LogP contribution in [0.25, 0.3) is 0 Å². The van der Waals surface area contributed by atoms with Crippen molar-refractivity contribution in [1.29, 1.82) is 0 Å². The first-order valence-electron chi connectivity index (χ1n) is 5.46. The summed E-state index contributed by atoms with van der Waals surface area (Å²) in [7, 11) is 2.13. The highest BCUT2D eigenvalue weighted by Crippen LogP contribution is 2.41. The van der Waals surface area contributed by atoms with Crippen molar-refractivity contribution in [3.63, 3.8) is 0 Å². The predicted molar refractivity (Wildman–Crippen MR) is 66.5 cm³/mol. The number of allylic oxidation sites excluding steroid dienone is 3. The molecule has 0 aromatic heterocycles. The summed E-state index contributed by atoms with van der Waals surface area (Å²) in [5.41, 5.74) is 2.59. The Morgan fingerprint density at radius 3 is 3.00 bits per heavy atom. The number of hydrogen-bond donors (Lipinski definition) is 0. The molecule has 2 aliphatic rings. The van der Waals surface area contributed by atoms with Crippen LogP contribution in [0.2, 0.25) is 0 Å². The molecule has 0 saturated carbocycles. The highest BCUT2D eigenvalue weighted by atomic mass is 35.5. The molecule has 1 nitrogen and oxygen atoms in total. The van der Waals surface area contributed by atoms with Crippen molar-refractivity contribution in [2.75, 3.05) is 13.6 Å². The van der Waals surface area contributed by atoms with E-state index in [4.69, 9.17) is 23.2 Å². The van der Waals surface area contributed by atoms with Gasteiger partial charge in [0.2, 0.25) is 0 Å². The third-order valence-corrected chi connectivity index (χ3v) is 4.07. The van der Waals surface area contributed by atoms with E-state index in [-0.39, 0.29) is 10.3 Å². The average Bonchev–Trinajstić information content (AvgIpc) is 2.26. The average molecular weight is 246 g/mol. The molecular formula is C12H17Cl2N. The summed E-state index contributed by atoms with van der Waals surface area (Å²) in [6.45, 7) is 3.20. The van der Waals surface area contributed by atoms with Crippen LogP contribution in [-0.2, 0) is 0 Å². The minimum Gasteiger partial charge on any atom is -0.375 e. The van der Waals surface area contributed by atoms with Gasteiger partial charge in [-0.15, -0.1) is 23.2 Å². The molecule has 0 saturated heterocycles. The molecule has 0 fully saturated rings. The summed E-state index contributed by atoms with van der Waals surface area (Å²) >= 11 is 12.8. The Labute approximate surface area is 102 Å². The lowest BCUT2D eigenvalue weighted by Crippen LogP contribution is -2.26. The summed E-state index contributed by atoms with van der Waals surface area (Å²) in [5, 5.41) is 0.105. The Morgan fingerprint density at radius 1 is 1.53 bits per heavy atom. The zero-order valence-electron chi connectivity index (χ0n) is 9.26. The minimum atomic E-state index is -0.210. The van der Waals surface area contributed by atoms with E-state index in [2.05, 4.69) is 31.0 Å². The molecule has 0 amide bonds. The summed E-state index contributed by atoms with van der Waals surface area (Å²) in [5.74, 6) is 0. The van der Waals surface area contributed by atoms with Crippen LogP contribution in [0, 0.1) is 0 Å². The Bertz CT molecular complexity index is 318. The molecule has 0 N–H and O–H groups in total. The molecule has 2 atom stereocenters. The van der Waals surface area contributed by atoms with Crippen molar-refractivity contribution in [2.24, 2.45) is 0 Å². The maximum absolute atomic E-state index is 6.60. The minimum absolute atomic E-state index is 0.105. The van der Waals surface area contributed by atoms with E-state index in [1.807, 2.05) is 0 Å². The van der Waals surface area contributed by atoms with E-state index >= 15 is 0 Å². The van der Waals surface area contributed by atoms with Gasteiger partial charge < -0.3 is 4.90 Å². The quantitative estimate of drug-likeness (QED) is 0.591. The van der Waals surface area contributed by atoms with Crippen LogP contribution in [0.1, 0.15) is 26.2 Å². The van der Waals surface area contributed by atoms with Gasteiger partial charge in [-0.1, -0.05) is 6.08 Å². The fourth-order valence-corrected chi connectivity index (χ4v) is 2.96. The second-order valence-corrected chi connectivity index (χ2v) is 6.06. The maximum Gasteiger partial charge on any atom is 0.0651 e. The van der Waals surface area contributed by atoms with Crippen LogP contribution in [0.15, 0.2) is 23.4 Å². The molecule has 0 spiro atoms. The van der Waals surface area contributed by atoms with Crippen molar-refractivity contribution in [3.8, 4) is 0 Å². The van der Waals surface area contributed by atoms with E-state index in [0.29, 0.717) is 0 Å². The maximum atomic E-state index is 6.60. The van der Waals surface area contributed by atoms with Crippen LogP contribution in [-0.4, -0.2) is 28.7 Å². The molecule has 84 valence electrons. The third kappa shape index (κ3) is 2.19. The second kappa shape index (κ2) is 4.03. The molecule has 15 heavy (non-hydrogen) atoms.